The van der Waals surface area contributed by atoms with Crippen LogP contribution in [0.4, 0.5) is 11.6 Å². The molecule has 1 aromatic carbocycles. The minimum Gasteiger partial charge on any atom is -0.493 e. The van der Waals surface area contributed by atoms with E-state index >= 15 is 0 Å². The molecule has 0 bridgehead atoms. The highest BCUT2D eigenvalue weighted by molar-refractivity contribution is 5.74. The number of hydrogen-bond donors (Lipinski definition) is 1. The Bertz CT molecular complexity index is 1190. The third-order valence-corrected chi connectivity index (χ3v) is 6.40. The van der Waals surface area contributed by atoms with E-state index in [4.69, 9.17) is 14.5 Å². The topological polar surface area (TPSA) is 83.2 Å². The molecule has 1 N–H and O–H groups in total. The summed E-state index contributed by atoms with van der Waals surface area (Å²) < 4.78 is 15.0. The van der Waals surface area contributed by atoms with Gasteiger partial charge in [-0.1, -0.05) is 0 Å². The summed E-state index contributed by atoms with van der Waals surface area (Å²) in [6, 6.07) is 4.58. The molecule has 8 heteroatoms. The Labute approximate surface area is 173 Å². The molecule has 30 heavy (non-hydrogen) atoms. The first-order chi connectivity index (χ1) is 14.7. The van der Waals surface area contributed by atoms with E-state index in [2.05, 4.69) is 22.4 Å². The first-order valence-corrected chi connectivity index (χ1v) is 10.8. The number of nitrogens with one attached hydrogen (secondary N) is 1. The largest absolute Gasteiger partial charge is 0.493 e. The lowest BCUT2D eigenvalue weighted by Crippen LogP contribution is -2.30. The van der Waals surface area contributed by atoms with Crippen molar-refractivity contribution < 1.29 is 9.47 Å². The fraction of sp³-hybridized carbons (Fsp3) is 0.500. The minimum atomic E-state index is 0.0386. The summed E-state index contributed by atoms with van der Waals surface area (Å²) >= 11 is 0. The van der Waals surface area contributed by atoms with Crippen molar-refractivity contribution in [1.82, 2.24) is 19.1 Å². The molecule has 3 aromatic rings. The third kappa shape index (κ3) is 2.89. The van der Waals surface area contributed by atoms with Gasteiger partial charge in [0.15, 0.2) is 5.65 Å². The van der Waals surface area contributed by atoms with Crippen LogP contribution in [0.15, 0.2) is 23.1 Å². The number of imidazole rings is 1. The second-order valence-electron chi connectivity index (χ2n) is 8.50. The lowest BCUT2D eigenvalue weighted by molar-refractivity contribution is 0.0694. The molecule has 8 nitrogen and oxygen atoms in total. The average Bonchev–Trinajstić information content (AvgIpc) is 3.41. The maximum absolute atomic E-state index is 13.3. The number of rotatable bonds is 4. The summed E-state index contributed by atoms with van der Waals surface area (Å²) in [5.41, 5.74) is 4.84. The summed E-state index contributed by atoms with van der Waals surface area (Å²) in [4.78, 5) is 22.7. The van der Waals surface area contributed by atoms with Crippen LogP contribution in [0, 0.1) is 6.92 Å². The molecule has 0 radical (unpaired) electrons. The zero-order valence-corrected chi connectivity index (χ0v) is 17.1. The van der Waals surface area contributed by atoms with Gasteiger partial charge in [-0.15, -0.1) is 0 Å². The zero-order chi connectivity index (χ0) is 20.2. The molecule has 1 saturated carbocycles. The molecule has 3 aliphatic rings. The van der Waals surface area contributed by atoms with Gasteiger partial charge < -0.3 is 14.8 Å². The summed E-state index contributed by atoms with van der Waals surface area (Å²) in [6.07, 6.45) is 6.47. The second kappa shape index (κ2) is 6.84. The van der Waals surface area contributed by atoms with Crippen LogP contribution in [0.25, 0.3) is 11.2 Å². The molecule has 2 aromatic heterocycles. The second-order valence-corrected chi connectivity index (χ2v) is 8.50. The van der Waals surface area contributed by atoms with Crippen molar-refractivity contribution in [3.63, 3.8) is 0 Å². The van der Waals surface area contributed by atoms with Crippen molar-refractivity contribution >= 4 is 22.8 Å². The van der Waals surface area contributed by atoms with Gasteiger partial charge in [0, 0.05) is 37.4 Å². The number of fused-ring (bicyclic) bond motifs is 2. The van der Waals surface area contributed by atoms with Crippen molar-refractivity contribution in [2.45, 2.75) is 51.1 Å². The number of nitrogens with zero attached hydrogens (tertiary/aromatic N) is 4. The van der Waals surface area contributed by atoms with Gasteiger partial charge in [-0.25, -0.2) is 9.78 Å². The average molecular weight is 407 g/mol. The molecule has 2 aliphatic heterocycles. The molecule has 1 saturated heterocycles. The maximum Gasteiger partial charge on any atom is 0.330 e. The van der Waals surface area contributed by atoms with Gasteiger partial charge in [0.1, 0.15) is 11.3 Å². The predicted octanol–water partition coefficient (Wildman–Crippen LogP) is 3.27. The number of aryl methyl sites for hydroxylation is 1. The first kappa shape index (κ1) is 17.9. The smallest absolute Gasteiger partial charge is 0.330 e. The quantitative estimate of drug-likeness (QED) is 0.715. The molecule has 0 amide bonds. The molecular weight excluding hydrogens is 382 g/mol. The van der Waals surface area contributed by atoms with Gasteiger partial charge in [0.05, 0.1) is 12.8 Å². The number of benzene rings is 1. The summed E-state index contributed by atoms with van der Waals surface area (Å²) in [5, 5.41) is 3.37. The van der Waals surface area contributed by atoms with Crippen LogP contribution in [0.2, 0.25) is 0 Å². The highest BCUT2D eigenvalue weighted by atomic mass is 16.5. The van der Waals surface area contributed by atoms with Crippen LogP contribution < -0.4 is 15.7 Å². The Balaban J connectivity index is 1.43. The molecular formula is C22H25N5O3. The highest BCUT2D eigenvalue weighted by Gasteiger charge is 2.32. The molecule has 0 unspecified atom stereocenters. The van der Waals surface area contributed by atoms with Gasteiger partial charge in [0.25, 0.3) is 0 Å². The van der Waals surface area contributed by atoms with Crippen molar-refractivity contribution in [1.29, 1.82) is 0 Å². The predicted molar refractivity (Wildman–Crippen MR) is 113 cm³/mol. The molecule has 2 fully saturated rings. The number of aromatic nitrogens is 4. The molecule has 4 heterocycles. The van der Waals surface area contributed by atoms with Crippen LogP contribution in [0.3, 0.4) is 0 Å². The molecule has 0 atom stereocenters. The van der Waals surface area contributed by atoms with Crippen molar-refractivity contribution in [3.05, 3.63) is 39.9 Å². The Morgan fingerprint density at radius 1 is 1.07 bits per heavy atom. The Morgan fingerprint density at radius 3 is 2.67 bits per heavy atom. The molecule has 1 aliphatic carbocycles. The van der Waals surface area contributed by atoms with Gasteiger partial charge in [0.2, 0.25) is 5.95 Å². The lowest BCUT2D eigenvalue weighted by atomic mass is 10.1. The zero-order valence-electron chi connectivity index (χ0n) is 17.1. The van der Waals surface area contributed by atoms with E-state index in [0.29, 0.717) is 19.2 Å². The van der Waals surface area contributed by atoms with Crippen LogP contribution in [-0.2, 0) is 11.2 Å². The highest BCUT2D eigenvalue weighted by Crippen LogP contribution is 2.37. The Morgan fingerprint density at radius 2 is 1.87 bits per heavy atom. The Kier molecular flexibility index (Phi) is 4.09. The fourth-order valence-electron chi connectivity index (χ4n) is 4.62. The summed E-state index contributed by atoms with van der Waals surface area (Å²) in [5.74, 6) is 1.47. The third-order valence-electron chi connectivity index (χ3n) is 6.40. The normalized spacial score (nSPS) is 19.1. The van der Waals surface area contributed by atoms with Crippen molar-refractivity contribution in [2.24, 2.45) is 0 Å². The molecule has 6 rings (SSSR count). The van der Waals surface area contributed by atoms with Crippen LogP contribution in [-0.4, -0.2) is 38.9 Å². The number of anilines is 2. The van der Waals surface area contributed by atoms with Crippen LogP contribution >= 0.6 is 0 Å². The first-order valence-electron chi connectivity index (χ1n) is 10.8. The van der Waals surface area contributed by atoms with Crippen LogP contribution in [0.5, 0.6) is 5.75 Å². The lowest BCUT2D eigenvalue weighted by Gasteiger charge is -2.23. The maximum atomic E-state index is 13.3. The number of ether oxygens (including phenoxy) is 2. The molecule has 156 valence electrons. The fourth-order valence-corrected chi connectivity index (χ4v) is 4.62. The monoisotopic (exact) mass is 407 g/mol. The number of hydrogen-bond acceptors (Lipinski definition) is 6. The minimum absolute atomic E-state index is 0.0386. The van der Waals surface area contributed by atoms with E-state index in [1.165, 1.54) is 5.56 Å². The Hall–Kier alpha value is -2.87. The summed E-state index contributed by atoms with van der Waals surface area (Å²) in [7, 11) is 0. The van der Waals surface area contributed by atoms with Gasteiger partial charge in [-0.05, 0) is 55.9 Å². The SMILES string of the molecule is Cc1cc2c(cc1Nc1ncc3c(n1)n(C1CCOCC1)c(=O)n3C1CC1)CCO2. The summed E-state index contributed by atoms with van der Waals surface area (Å²) in [6.45, 7) is 4.14. The molecule has 0 spiro atoms. The van der Waals surface area contributed by atoms with Gasteiger partial charge in [-0.3, -0.25) is 9.13 Å². The van der Waals surface area contributed by atoms with E-state index < -0.39 is 0 Å². The van der Waals surface area contributed by atoms with E-state index in [0.717, 1.165) is 66.9 Å². The standard InChI is InChI=1S/C22H25N5O3/c1-13-10-19-14(4-9-30-19)11-17(13)24-21-23-12-18-20(25-21)27(16-5-7-29-8-6-16)22(28)26(18)15-2-3-15/h10-12,15-16H,2-9H2,1H3,(H,23,24,25). The van der Waals surface area contributed by atoms with Crippen LogP contribution in [0.1, 0.15) is 48.9 Å². The van der Waals surface area contributed by atoms with E-state index in [-0.39, 0.29) is 17.8 Å². The van der Waals surface area contributed by atoms with E-state index in [1.807, 2.05) is 16.1 Å². The van der Waals surface area contributed by atoms with Crippen molar-refractivity contribution in [3.8, 4) is 5.75 Å². The van der Waals surface area contributed by atoms with Gasteiger partial charge in [-0.2, -0.15) is 4.98 Å². The van der Waals surface area contributed by atoms with E-state index in [9.17, 15) is 4.79 Å². The van der Waals surface area contributed by atoms with Crippen molar-refractivity contribution in [2.75, 3.05) is 25.1 Å². The van der Waals surface area contributed by atoms with Gasteiger partial charge >= 0.3 is 5.69 Å². The van der Waals surface area contributed by atoms with E-state index in [1.54, 1.807) is 6.20 Å².